The van der Waals surface area contributed by atoms with Crippen LogP contribution in [-0.4, -0.2) is 41.4 Å². The van der Waals surface area contributed by atoms with E-state index in [2.05, 4.69) is 5.10 Å². The second-order valence-electron chi connectivity index (χ2n) is 4.88. The van der Waals surface area contributed by atoms with Crippen molar-refractivity contribution in [3.05, 3.63) is 35.4 Å². The summed E-state index contributed by atoms with van der Waals surface area (Å²) < 4.78 is 39.3. The Bertz CT molecular complexity index is 552. The van der Waals surface area contributed by atoms with E-state index in [1.54, 1.807) is 0 Å². The predicted molar refractivity (Wildman–Crippen MR) is 65.9 cm³/mol. The standard InChI is InChI=1S/C13H12F3N3O/c14-9-3-8(4-10(15)5-9)12-1-2-17-19(12)13(20)18-6-11(16)7-18/h2-5,11-12H,1,6-7H2. The number of amides is 2. The zero-order valence-electron chi connectivity index (χ0n) is 10.5. The number of halogens is 3. The molecule has 1 saturated heterocycles. The summed E-state index contributed by atoms with van der Waals surface area (Å²) in [5, 5.41) is 5.08. The molecule has 0 saturated carbocycles. The maximum absolute atomic E-state index is 13.3. The van der Waals surface area contributed by atoms with E-state index in [1.807, 2.05) is 0 Å². The molecule has 2 amide bonds. The van der Waals surface area contributed by atoms with E-state index in [0.717, 1.165) is 11.1 Å². The molecule has 7 heteroatoms. The number of hydrogen-bond donors (Lipinski definition) is 0. The van der Waals surface area contributed by atoms with Crippen molar-refractivity contribution in [3.63, 3.8) is 0 Å². The number of carbonyl (C=O) groups excluding carboxylic acids is 1. The summed E-state index contributed by atoms with van der Waals surface area (Å²) in [5.74, 6) is -1.40. The van der Waals surface area contributed by atoms with Crippen LogP contribution in [0.25, 0.3) is 0 Å². The molecule has 0 radical (unpaired) electrons. The summed E-state index contributed by atoms with van der Waals surface area (Å²) >= 11 is 0. The van der Waals surface area contributed by atoms with Crippen molar-refractivity contribution in [2.24, 2.45) is 5.10 Å². The van der Waals surface area contributed by atoms with Gasteiger partial charge in [-0.3, -0.25) is 0 Å². The molecular formula is C13H12F3N3O. The second kappa shape index (κ2) is 4.81. The third-order valence-electron chi connectivity index (χ3n) is 3.40. The highest BCUT2D eigenvalue weighted by molar-refractivity contribution is 5.79. The summed E-state index contributed by atoms with van der Waals surface area (Å²) in [6.45, 7) is 0.0736. The van der Waals surface area contributed by atoms with Gasteiger partial charge in [-0.2, -0.15) is 5.10 Å². The molecule has 0 aromatic heterocycles. The average molecular weight is 283 g/mol. The molecule has 106 valence electrons. The summed E-state index contributed by atoms with van der Waals surface area (Å²) in [4.78, 5) is 13.4. The summed E-state index contributed by atoms with van der Waals surface area (Å²) in [6, 6.07) is 2.14. The lowest BCUT2D eigenvalue weighted by Gasteiger charge is -2.37. The monoisotopic (exact) mass is 283 g/mol. The van der Waals surface area contributed by atoms with E-state index in [0.29, 0.717) is 12.0 Å². The van der Waals surface area contributed by atoms with Crippen LogP contribution < -0.4 is 0 Å². The number of alkyl halides is 1. The largest absolute Gasteiger partial charge is 0.341 e. The van der Waals surface area contributed by atoms with Gasteiger partial charge in [0.1, 0.15) is 17.8 Å². The van der Waals surface area contributed by atoms with Crippen molar-refractivity contribution in [1.29, 1.82) is 0 Å². The number of benzene rings is 1. The Morgan fingerprint density at radius 3 is 2.45 bits per heavy atom. The molecule has 20 heavy (non-hydrogen) atoms. The van der Waals surface area contributed by atoms with Crippen molar-refractivity contribution < 1.29 is 18.0 Å². The number of nitrogens with zero attached hydrogens (tertiary/aromatic N) is 3. The Morgan fingerprint density at radius 1 is 1.20 bits per heavy atom. The molecule has 1 unspecified atom stereocenters. The van der Waals surface area contributed by atoms with Crippen LogP contribution in [0.4, 0.5) is 18.0 Å². The Kier molecular flexibility index (Phi) is 3.11. The number of hydrazone groups is 1. The molecule has 0 N–H and O–H groups in total. The molecule has 2 aliphatic heterocycles. The van der Waals surface area contributed by atoms with Gasteiger partial charge in [0.15, 0.2) is 0 Å². The lowest BCUT2D eigenvalue weighted by atomic mass is 10.0. The van der Waals surface area contributed by atoms with Crippen LogP contribution in [0.2, 0.25) is 0 Å². The lowest BCUT2D eigenvalue weighted by molar-refractivity contribution is 0.0628. The third kappa shape index (κ3) is 2.23. The Hall–Kier alpha value is -2.05. The molecular weight excluding hydrogens is 271 g/mol. The number of urea groups is 1. The summed E-state index contributed by atoms with van der Waals surface area (Å²) in [5.41, 5.74) is 0.339. The molecule has 2 heterocycles. The molecule has 3 rings (SSSR count). The van der Waals surface area contributed by atoms with Crippen molar-refractivity contribution in [3.8, 4) is 0 Å². The topological polar surface area (TPSA) is 35.9 Å². The van der Waals surface area contributed by atoms with Crippen LogP contribution in [-0.2, 0) is 0 Å². The highest BCUT2D eigenvalue weighted by atomic mass is 19.1. The van der Waals surface area contributed by atoms with Crippen molar-refractivity contribution in [1.82, 2.24) is 9.91 Å². The Balaban J connectivity index is 1.81. The van der Waals surface area contributed by atoms with E-state index >= 15 is 0 Å². The first-order chi connectivity index (χ1) is 9.54. The number of rotatable bonds is 1. The van der Waals surface area contributed by atoms with Crippen LogP contribution in [0.5, 0.6) is 0 Å². The molecule has 4 nitrogen and oxygen atoms in total. The molecule has 1 aromatic rings. The van der Waals surface area contributed by atoms with Crippen LogP contribution in [0.15, 0.2) is 23.3 Å². The van der Waals surface area contributed by atoms with Gasteiger partial charge < -0.3 is 4.90 Å². The van der Waals surface area contributed by atoms with Crippen LogP contribution in [0.3, 0.4) is 0 Å². The van der Waals surface area contributed by atoms with Gasteiger partial charge >= 0.3 is 6.03 Å². The first-order valence-corrected chi connectivity index (χ1v) is 6.25. The minimum atomic E-state index is -1.00. The molecule has 0 spiro atoms. The Labute approximate surface area is 113 Å². The highest BCUT2D eigenvalue weighted by Crippen LogP contribution is 2.31. The van der Waals surface area contributed by atoms with Crippen LogP contribution >= 0.6 is 0 Å². The lowest BCUT2D eigenvalue weighted by Crippen LogP contribution is -2.55. The summed E-state index contributed by atoms with van der Waals surface area (Å²) in [7, 11) is 0. The normalized spacial score (nSPS) is 22.2. The molecule has 1 aromatic carbocycles. The minimum absolute atomic E-state index is 0.0368. The van der Waals surface area contributed by atoms with Crippen LogP contribution in [0.1, 0.15) is 18.0 Å². The fourth-order valence-corrected chi connectivity index (χ4v) is 2.37. The van der Waals surface area contributed by atoms with Gasteiger partial charge in [0.2, 0.25) is 0 Å². The number of hydrogen-bond acceptors (Lipinski definition) is 2. The molecule has 0 aliphatic carbocycles. The zero-order chi connectivity index (χ0) is 14.3. The Morgan fingerprint density at radius 2 is 1.85 bits per heavy atom. The molecule has 0 bridgehead atoms. The third-order valence-corrected chi connectivity index (χ3v) is 3.40. The SMILES string of the molecule is O=C(N1CC(F)C1)N1N=CCC1c1cc(F)cc(F)c1. The van der Waals surface area contributed by atoms with Gasteiger partial charge in [-0.05, 0) is 17.7 Å². The maximum atomic E-state index is 13.3. The van der Waals surface area contributed by atoms with Gasteiger partial charge in [0, 0.05) is 18.7 Å². The fourth-order valence-electron chi connectivity index (χ4n) is 2.37. The zero-order valence-corrected chi connectivity index (χ0v) is 10.5. The number of carbonyl (C=O) groups is 1. The first-order valence-electron chi connectivity index (χ1n) is 6.25. The first kappa shape index (κ1) is 13.0. The van der Waals surface area contributed by atoms with Gasteiger partial charge in [-0.15, -0.1) is 0 Å². The van der Waals surface area contributed by atoms with Crippen molar-refractivity contribution in [2.75, 3.05) is 13.1 Å². The van der Waals surface area contributed by atoms with Gasteiger partial charge in [-0.25, -0.2) is 23.0 Å². The quantitative estimate of drug-likeness (QED) is 0.780. The van der Waals surface area contributed by atoms with Crippen molar-refractivity contribution in [2.45, 2.75) is 18.6 Å². The van der Waals surface area contributed by atoms with E-state index in [9.17, 15) is 18.0 Å². The average Bonchev–Trinajstić information content (AvgIpc) is 2.82. The molecule has 2 aliphatic rings. The van der Waals surface area contributed by atoms with Crippen LogP contribution in [0, 0.1) is 11.6 Å². The molecule has 1 atom stereocenters. The van der Waals surface area contributed by atoms with Gasteiger partial charge in [-0.1, -0.05) is 0 Å². The van der Waals surface area contributed by atoms with Gasteiger partial charge in [0.05, 0.1) is 19.1 Å². The van der Waals surface area contributed by atoms with Crippen molar-refractivity contribution >= 4 is 12.2 Å². The van der Waals surface area contributed by atoms with E-state index in [4.69, 9.17) is 0 Å². The summed E-state index contributed by atoms with van der Waals surface area (Å²) in [6.07, 6.45) is 0.884. The number of likely N-dealkylation sites (tertiary alicyclic amines) is 1. The van der Waals surface area contributed by atoms with Gasteiger partial charge in [0.25, 0.3) is 0 Å². The minimum Gasteiger partial charge on any atom is -0.317 e. The second-order valence-corrected chi connectivity index (χ2v) is 4.88. The van der Waals surface area contributed by atoms with E-state index in [-0.39, 0.29) is 13.1 Å². The van der Waals surface area contributed by atoms with E-state index in [1.165, 1.54) is 23.2 Å². The fraction of sp³-hybridized carbons (Fsp3) is 0.385. The highest BCUT2D eigenvalue weighted by Gasteiger charge is 2.37. The molecule has 1 fully saturated rings. The maximum Gasteiger partial charge on any atom is 0.341 e. The van der Waals surface area contributed by atoms with E-state index < -0.39 is 29.9 Å². The predicted octanol–water partition coefficient (Wildman–Crippen LogP) is 2.47. The smallest absolute Gasteiger partial charge is 0.317 e.